The molecule has 0 fully saturated rings. The normalized spacial score (nSPS) is 10.8. The second-order valence-corrected chi connectivity index (χ2v) is 7.17. The van der Waals surface area contributed by atoms with Crippen molar-refractivity contribution >= 4 is 39.1 Å². The van der Waals surface area contributed by atoms with Crippen molar-refractivity contribution in [3.05, 3.63) is 56.0 Å². The van der Waals surface area contributed by atoms with Gasteiger partial charge >= 0.3 is 0 Å². The van der Waals surface area contributed by atoms with Crippen molar-refractivity contribution < 1.29 is 14.2 Å². The van der Waals surface area contributed by atoms with Crippen LogP contribution < -0.4 is 14.8 Å². The van der Waals surface area contributed by atoms with E-state index in [1.165, 1.54) is 0 Å². The molecule has 0 atom stereocenters. The summed E-state index contributed by atoms with van der Waals surface area (Å²) in [6, 6.07) is 9.36. The van der Waals surface area contributed by atoms with Gasteiger partial charge in [0.2, 0.25) is 0 Å². The predicted molar refractivity (Wildman–Crippen MR) is 110 cm³/mol. The Kier molecular flexibility index (Phi) is 9.02. The van der Waals surface area contributed by atoms with Crippen LogP contribution in [0.25, 0.3) is 0 Å². The number of hydrogen-bond acceptors (Lipinski definition) is 4. The minimum atomic E-state index is 0.253. The SMILES string of the molecule is CCOc1cc(CNCCOC)cc(Br)c1OCc1c(Cl)cccc1Cl. The Morgan fingerprint density at radius 1 is 1.12 bits per heavy atom. The van der Waals surface area contributed by atoms with Gasteiger partial charge in [0.15, 0.2) is 11.5 Å². The molecule has 0 amide bonds. The highest BCUT2D eigenvalue weighted by Crippen LogP contribution is 2.38. The van der Waals surface area contributed by atoms with E-state index in [0.29, 0.717) is 41.3 Å². The summed E-state index contributed by atoms with van der Waals surface area (Å²) >= 11 is 16.0. The summed E-state index contributed by atoms with van der Waals surface area (Å²) < 4.78 is 17.6. The highest BCUT2D eigenvalue weighted by Gasteiger charge is 2.14. The van der Waals surface area contributed by atoms with Crippen LogP contribution in [-0.2, 0) is 17.9 Å². The third kappa shape index (κ3) is 6.03. The van der Waals surface area contributed by atoms with Gasteiger partial charge in [-0.2, -0.15) is 0 Å². The summed E-state index contributed by atoms with van der Waals surface area (Å²) in [5, 5.41) is 4.46. The van der Waals surface area contributed by atoms with Gasteiger partial charge in [-0.15, -0.1) is 0 Å². The molecule has 7 heteroatoms. The lowest BCUT2D eigenvalue weighted by atomic mass is 10.2. The molecule has 0 aromatic heterocycles. The van der Waals surface area contributed by atoms with Crippen molar-refractivity contribution in [2.24, 2.45) is 0 Å². The molecule has 0 saturated carbocycles. The van der Waals surface area contributed by atoms with Crippen molar-refractivity contribution in [1.82, 2.24) is 5.32 Å². The van der Waals surface area contributed by atoms with Crippen molar-refractivity contribution in [2.45, 2.75) is 20.1 Å². The molecule has 4 nitrogen and oxygen atoms in total. The fraction of sp³-hybridized carbons (Fsp3) is 0.368. The summed E-state index contributed by atoms with van der Waals surface area (Å²) in [6.45, 7) is 4.88. The molecule has 2 rings (SSSR count). The quantitative estimate of drug-likeness (QED) is 0.475. The third-order valence-electron chi connectivity index (χ3n) is 3.60. The van der Waals surface area contributed by atoms with Crippen LogP contribution in [0.2, 0.25) is 10.0 Å². The highest BCUT2D eigenvalue weighted by molar-refractivity contribution is 9.10. The molecular formula is C19H22BrCl2NO3. The van der Waals surface area contributed by atoms with Gasteiger partial charge in [-0.1, -0.05) is 29.3 Å². The Hall–Kier alpha value is -0.980. The minimum Gasteiger partial charge on any atom is -0.490 e. The van der Waals surface area contributed by atoms with Crippen LogP contribution in [0.3, 0.4) is 0 Å². The van der Waals surface area contributed by atoms with Crippen LogP contribution in [0.15, 0.2) is 34.8 Å². The average Bonchev–Trinajstić information content (AvgIpc) is 2.60. The van der Waals surface area contributed by atoms with E-state index in [2.05, 4.69) is 21.2 Å². The van der Waals surface area contributed by atoms with Crippen LogP contribution in [0.1, 0.15) is 18.1 Å². The molecule has 0 aliphatic heterocycles. The summed E-state index contributed by atoms with van der Waals surface area (Å²) in [6.07, 6.45) is 0. The first-order chi connectivity index (χ1) is 12.6. The number of ether oxygens (including phenoxy) is 3. The molecule has 0 aliphatic carbocycles. The first-order valence-corrected chi connectivity index (χ1v) is 9.82. The van der Waals surface area contributed by atoms with Crippen LogP contribution in [0, 0.1) is 0 Å². The number of rotatable bonds is 10. The second kappa shape index (κ2) is 11.0. The topological polar surface area (TPSA) is 39.7 Å². The Morgan fingerprint density at radius 2 is 1.85 bits per heavy atom. The summed E-state index contributed by atoms with van der Waals surface area (Å²) in [5.74, 6) is 1.30. The lowest BCUT2D eigenvalue weighted by molar-refractivity contribution is 0.199. The monoisotopic (exact) mass is 461 g/mol. The van der Waals surface area contributed by atoms with Gasteiger partial charge in [0.05, 0.1) is 17.7 Å². The molecule has 0 heterocycles. The van der Waals surface area contributed by atoms with E-state index in [-0.39, 0.29) is 6.61 Å². The Bertz CT molecular complexity index is 708. The van der Waals surface area contributed by atoms with Crippen LogP contribution in [-0.4, -0.2) is 26.9 Å². The van der Waals surface area contributed by atoms with Crippen LogP contribution in [0.4, 0.5) is 0 Å². The predicted octanol–water partition coefficient (Wildman–Crippen LogP) is 5.47. The molecule has 0 bridgehead atoms. The highest BCUT2D eigenvalue weighted by atomic mass is 79.9. The van der Waals surface area contributed by atoms with Gasteiger partial charge in [-0.3, -0.25) is 0 Å². The zero-order chi connectivity index (χ0) is 18.9. The van der Waals surface area contributed by atoms with E-state index < -0.39 is 0 Å². The second-order valence-electron chi connectivity index (χ2n) is 5.50. The van der Waals surface area contributed by atoms with E-state index in [0.717, 1.165) is 22.1 Å². The van der Waals surface area contributed by atoms with Crippen LogP contribution >= 0.6 is 39.1 Å². The molecule has 0 spiro atoms. The molecule has 2 aromatic rings. The number of halogens is 3. The van der Waals surface area contributed by atoms with Crippen LogP contribution in [0.5, 0.6) is 11.5 Å². The van der Waals surface area contributed by atoms with Gasteiger partial charge in [0.1, 0.15) is 6.61 Å². The molecule has 0 aliphatic rings. The number of nitrogens with one attached hydrogen (secondary N) is 1. The molecule has 2 aromatic carbocycles. The van der Waals surface area contributed by atoms with Crippen molar-refractivity contribution in [1.29, 1.82) is 0 Å². The molecule has 0 radical (unpaired) electrons. The zero-order valence-electron chi connectivity index (χ0n) is 14.8. The summed E-state index contributed by atoms with van der Waals surface area (Å²) in [4.78, 5) is 0. The first-order valence-electron chi connectivity index (χ1n) is 8.27. The molecule has 26 heavy (non-hydrogen) atoms. The largest absolute Gasteiger partial charge is 0.490 e. The van der Waals surface area contributed by atoms with E-state index in [1.54, 1.807) is 25.3 Å². The van der Waals surface area contributed by atoms with Gasteiger partial charge in [-0.05, 0) is 52.7 Å². The number of methoxy groups -OCH3 is 1. The van der Waals surface area contributed by atoms with E-state index in [1.807, 2.05) is 19.1 Å². The van der Waals surface area contributed by atoms with Gasteiger partial charge in [0, 0.05) is 35.8 Å². The van der Waals surface area contributed by atoms with E-state index in [9.17, 15) is 0 Å². The summed E-state index contributed by atoms with van der Waals surface area (Å²) in [5.41, 5.74) is 1.83. The third-order valence-corrected chi connectivity index (χ3v) is 4.90. The molecular weight excluding hydrogens is 441 g/mol. The smallest absolute Gasteiger partial charge is 0.175 e. The molecule has 0 saturated heterocycles. The van der Waals surface area contributed by atoms with Gasteiger partial charge in [-0.25, -0.2) is 0 Å². The molecule has 0 unspecified atom stereocenters. The lowest BCUT2D eigenvalue weighted by Crippen LogP contribution is -2.18. The van der Waals surface area contributed by atoms with Gasteiger partial charge in [0.25, 0.3) is 0 Å². The van der Waals surface area contributed by atoms with Crippen molar-refractivity contribution in [3.63, 3.8) is 0 Å². The fourth-order valence-electron chi connectivity index (χ4n) is 2.35. The standard InChI is InChI=1S/C19H22BrCl2NO3/c1-3-25-18-10-13(11-23-7-8-24-2)9-15(20)19(18)26-12-14-16(21)5-4-6-17(14)22/h4-6,9-10,23H,3,7-8,11-12H2,1-2H3. The maximum atomic E-state index is 6.22. The minimum absolute atomic E-state index is 0.253. The van der Waals surface area contributed by atoms with Crippen molar-refractivity contribution in [2.75, 3.05) is 26.9 Å². The Morgan fingerprint density at radius 3 is 2.50 bits per heavy atom. The molecule has 1 N–H and O–H groups in total. The Labute approximate surface area is 172 Å². The van der Waals surface area contributed by atoms with Crippen molar-refractivity contribution in [3.8, 4) is 11.5 Å². The summed E-state index contributed by atoms with van der Waals surface area (Å²) in [7, 11) is 1.68. The lowest BCUT2D eigenvalue weighted by Gasteiger charge is -2.16. The maximum Gasteiger partial charge on any atom is 0.175 e. The fourth-order valence-corrected chi connectivity index (χ4v) is 3.46. The molecule has 142 valence electrons. The number of hydrogen-bond donors (Lipinski definition) is 1. The average molecular weight is 463 g/mol. The zero-order valence-corrected chi connectivity index (χ0v) is 17.9. The van der Waals surface area contributed by atoms with E-state index >= 15 is 0 Å². The maximum absolute atomic E-state index is 6.22. The number of benzene rings is 2. The van der Waals surface area contributed by atoms with E-state index in [4.69, 9.17) is 37.4 Å². The first kappa shape index (κ1) is 21.3. The van der Waals surface area contributed by atoms with Gasteiger partial charge < -0.3 is 19.5 Å². The Balaban J connectivity index is 2.16.